The highest BCUT2D eigenvalue weighted by Gasteiger charge is 2.26. The van der Waals surface area contributed by atoms with Gasteiger partial charge in [-0.2, -0.15) is 0 Å². The number of aromatic nitrogens is 1. The molecule has 1 unspecified atom stereocenters. The zero-order valence-electron chi connectivity index (χ0n) is 25.0. The van der Waals surface area contributed by atoms with E-state index in [1.807, 2.05) is 86.7 Å². The van der Waals surface area contributed by atoms with Crippen LogP contribution in [0.2, 0.25) is 0 Å². The lowest BCUT2D eigenvalue weighted by Gasteiger charge is -2.31. The number of nitrogens with zero attached hydrogens (tertiary/aromatic N) is 3. The first-order chi connectivity index (χ1) is 20.3. The van der Waals surface area contributed by atoms with Crippen molar-refractivity contribution >= 4 is 39.2 Å². The van der Waals surface area contributed by atoms with E-state index in [-0.39, 0.29) is 24.4 Å². The van der Waals surface area contributed by atoms with E-state index in [0.717, 1.165) is 34.0 Å². The number of anilines is 1. The first kappa shape index (κ1) is 28.9. The van der Waals surface area contributed by atoms with Crippen LogP contribution in [0.25, 0.3) is 21.7 Å². The summed E-state index contributed by atoms with van der Waals surface area (Å²) < 4.78 is 0. The van der Waals surface area contributed by atoms with Crippen LogP contribution >= 0.6 is 0 Å². The van der Waals surface area contributed by atoms with Crippen molar-refractivity contribution in [2.45, 2.75) is 39.3 Å². The zero-order chi connectivity index (χ0) is 29.6. The summed E-state index contributed by atoms with van der Waals surface area (Å²) in [5.41, 5.74) is 5.04. The van der Waals surface area contributed by atoms with E-state index in [1.165, 1.54) is 10.9 Å². The van der Waals surface area contributed by atoms with Crippen molar-refractivity contribution in [2.75, 3.05) is 32.1 Å². The van der Waals surface area contributed by atoms with Crippen molar-refractivity contribution in [2.24, 2.45) is 0 Å². The van der Waals surface area contributed by atoms with E-state index in [2.05, 4.69) is 53.2 Å². The van der Waals surface area contributed by atoms with Crippen molar-refractivity contribution in [1.29, 1.82) is 0 Å². The predicted octanol–water partition coefficient (Wildman–Crippen LogP) is 6.90. The van der Waals surface area contributed by atoms with Gasteiger partial charge < -0.3 is 19.7 Å². The molecule has 0 spiro atoms. The number of para-hydroxylation sites is 1. The van der Waals surface area contributed by atoms with Crippen LogP contribution in [0.3, 0.4) is 0 Å². The summed E-state index contributed by atoms with van der Waals surface area (Å²) >= 11 is 0. The maximum Gasteiger partial charge on any atom is 0.254 e. The average molecular weight is 561 g/mol. The highest BCUT2D eigenvalue weighted by Crippen LogP contribution is 2.21. The van der Waals surface area contributed by atoms with Crippen molar-refractivity contribution in [3.8, 4) is 0 Å². The Morgan fingerprint density at radius 2 is 1.57 bits per heavy atom. The maximum atomic E-state index is 14.0. The van der Waals surface area contributed by atoms with Crippen LogP contribution in [0.15, 0.2) is 97.2 Å². The number of carbonyl (C=O) groups excluding carboxylic acids is 2. The fraction of sp³-hybridized carbons (Fsp3) is 0.278. The minimum atomic E-state index is -0.115. The van der Waals surface area contributed by atoms with Gasteiger partial charge in [0.2, 0.25) is 5.91 Å². The third-order valence-corrected chi connectivity index (χ3v) is 8.19. The summed E-state index contributed by atoms with van der Waals surface area (Å²) in [6.45, 7) is 5.13. The molecule has 0 bridgehead atoms. The molecule has 5 rings (SSSR count). The molecule has 0 aliphatic carbocycles. The monoisotopic (exact) mass is 560 g/mol. The molecule has 1 heterocycles. The summed E-state index contributed by atoms with van der Waals surface area (Å²) in [6, 6.07) is 30.3. The number of carbonyl (C=O) groups is 2. The molecule has 2 amide bonds. The number of rotatable bonds is 11. The molecule has 6 heteroatoms. The maximum absolute atomic E-state index is 14.0. The topological polar surface area (TPSA) is 59.7 Å². The summed E-state index contributed by atoms with van der Waals surface area (Å²) in [4.78, 5) is 36.9. The Kier molecular flexibility index (Phi) is 8.91. The largest absolute Gasteiger partial charge is 0.378 e. The first-order valence-electron chi connectivity index (χ1n) is 14.7. The molecular weight excluding hydrogens is 520 g/mol. The van der Waals surface area contributed by atoms with E-state index in [4.69, 9.17) is 0 Å². The van der Waals surface area contributed by atoms with Crippen LogP contribution in [-0.2, 0) is 17.8 Å². The lowest BCUT2D eigenvalue weighted by atomic mass is 10.1. The molecule has 0 saturated carbocycles. The number of hydrogen-bond donors (Lipinski definition) is 1. The lowest BCUT2D eigenvalue weighted by molar-refractivity contribution is -0.133. The fourth-order valence-electron chi connectivity index (χ4n) is 5.39. The summed E-state index contributed by atoms with van der Waals surface area (Å²) in [6.07, 6.45) is 3.51. The number of aromatic amines is 1. The Bertz CT molecular complexity index is 1670. The molecule has 0 aliphatic rings. The molecule has 216 valence electrons. The molecule has 5 aromatic rings. The van der Waals surface area contributed by atoms with E-state index in [1.54, 1.807) is 4.90 Å². The van der Waals surface area contributed by atoms with Gasteiger partial charge in [-0.05, 0) is 72.0 Å². The molecule has 1 N–H and O–H groups in total. The van der Waals surface area contributed by atoms with Crippen molar-refractivity contribution in [3.63, 3.8) is 0 Å². The smallest absolute Gasteiger partial charge is 0.254 e. The van der Waals surface area contributed by atoms with E-state index < -0.39 is 0 Å². The molecule has 0 fully saturated rings. The molecule has 1 aromatic heterocycles. The van der Waals surface area contributed by atoms with Crippen molar-refractivity contribution < 1.29 is 9.59 Å². The Hall–Kier alpha value is -4.58. The van der Waals surface area contributed by atoms with Crippen molar-refractivity contribution in [3.05, 3.63) is 114 Å². The van der Waals surface area contributed by atoms with Crippen LogP contribution < -0.4 is 4.90 Å². The van der Waals surface area contributed by atoms with Gasteiger partial charge in [-0.15, -0.1) is 0 Å². The standard InChI is InChI=1S/C36H40N4O2/c1-5-26(2)40(36(42)30-17-16-28-10-6-7-11-29(28)22-30)25-35(41)39(24-27-14-18-32(19-15-27)38(3)4)21-20-31-23-37-34-13-9-8-12-33(31)34/h6-19,22-23,26,37H,5,20-21,24-25H2,1-4H3. The molecule has 0 saturated heterocycles. The van der Waals surface area contributed by atoms with Crippen molar-refractivity contribution in [1.82, 2.24) is 14.8 Å². The number of fused-ring (bicyclic) bond motifs is 2. The van der Waals surface area contributed by atoms with Gasteiger partial charge >= 0.3 is 0 Å². The molecule has 0 aliphatic heterocycles. The summed E-state index contributed by atoms with van der Waals surface area (Å²) in [5.74, 6) is -0.170. The Morgan fingerprint density at radius 1 is 0.857 bits per heavy atom. The van der Waals surface area contributed by atoms with Crippen LogP contribution in [-0.4, -0.2) is 59.8 Å². The van der Waals surface area contributed by atoms with Gasteiger partial charge in [-0.1, -0.05) is 67.6 Å². The quantitative estimate of drug-likeness (QED) is 0.191. The second-order valence-electron chi connectivity index (χ2n) is 11.2. The average Bonchev–Trinajstić information content (AvgIpc) is 3.44. The lowest BCUT2D eigenvalue weighted by Crippen LogP contribution is -2.46. The summed E-state index contributed by atoms with van der Waals surface area (Å²) in [7, 11) is 4.03. The van der Waals surface area contributed by atoms with Gasteiger partial charge in [0, 0.05) is 61.6 Å². The highest BCUT2D eigenvalue weighted by atomic mass is 16.2. The van der Waals surface area contributed by atoms with Crippen LogP contribution in [0.1, 0.15) is 41.8 Å². The highest BCUT2D eigenvalue weighted by molar-refractivity contribution is 6.00. The molecule has 6 nitrogen and oxygen atoms in total. The summed E-state index contributed by atoms with van der Waals surface area (Å²) in [5, 5.41) is 3.28. The van der Waals surface area contributed by atoms with Gasteiger partial charge in [0.15, 0.2) is 0 Å². The molecule has 0 radical (unpaired) electrons. The number of amides is 2. The third kappa shape index (κ3) is 6.49. The third-order valence-electron chi connectivity index (χ3n) is 8.19. The fourth-order valence-corrected chi connectivity index (χ4v) is 5.39. The van der Waals surface area contributed by atoms with Gasteiger partial charge in [0.25, 0.3) is 5.91 Å². The second kappa shape index (κ2) is 12.9. The number of benzene rings is 4. The number of nitrogens with one attached hydrogen (secondary N) is 1. The van der Waals surface area contributed by atoms with Crippen LogP contribution in [0.5, 0.6) is 0 Å². The normalized spacial score (nSPS) is 11.9. The SMILES string of the molecule is CCC(C)N(CC(=O)N(CCc1c[nH]c2ccccc12)Cc1ccc(N(C)C)cc1)C(=O)c1ccc2ccccc2c1. The minimum absolute atomic E-state index is 0.0321. The van der Waals surface area contributed by atoms with E-state index in [0.29, 0.717) is 25.1 Å². The van der Waals surface area contributed by atoms with Crippen LogP contribution in [0, 0.1) is 0 Å². The predicted molar refractivity (Wildman–Crippen MR) is 173 cm³/mol. The minimum Gasteiger partial charge on any atom is -0.378 e. The molecule has 42 heavy (non-hydrogen) atoms. The molecular formula is C36H40N4O2. The number of H-pyrrole nitrogens is 1. The first-order valence-corrected chi connectivity index (χ1v) is 14.7. The molecule has 1 atom stereocenters. The van der Waals surface area contributed by atoms with E-state index >= 15 is 0 Å². The van der Waals surface area contributed by atoms with Gasteiger partial charge in [0.1, 0.15) is 6.54 Å². The number of hydrogen-bond acceptors (Lipinski definition) is 3. The van der Waals surface area contributed by atoms with Gasteiger partial charge in [0.05, 0.1) is 0 Å². The Balaban J connectivity index is 1.39. The van der Waals surface area contributed by atoms with E-state index in [9.17, 15) is 9.59 Å². The Morgan fingerprint density at radius 3 is 2.31 bits per heavy atom. The second-order valence-corrected chi connectivity index (χ2v) is 11.2. The van der Waals surface area contributed by atoms with Gasteiger partial charge in [-0.25, -0.2) is 0 Å². The Labute approximate surface area is 248 Å². The molecule has 4 aromatic carbocycles. The van der Waals surface area contributed by atoms with Gasteiger partial charge in [-0.3, -0.25) is 9.59 Å². The van der Waals surface area contributed by atoms with Crippen LogP contribution in [0.4, 0.5) is 5.69 Å². The zero-order valence-corrected chi connectivity index (χ0v) is 25.0.